The molecule has 8 nitrogen and oxygen atoms in total. The zero-order valence-corrected chi connectivity index (χ0v) is 17.2. The van der Waals surface area contributed by atoms with E-state index in [4.69, 9.17) is 4.74 Å². The third-order valence-corrected chi connectivity index (χ3v) is 5.37. The highest BCUT2D eigenvalue weighted by Crippen LogP contribution is 2.28. The molecule has 0 bridgehead atoms. The van der Waals surface area contributed by atoms with Gasteiger partial charge in [0.2, 0.25) is 11.8 Å². The van der Waals surface area contributed by atoms with Gasteiger partial charge in [-0.15, -0.1) is 11.3 Å². The van der Waals surface area contributed by atoms with E-state index < -0.39 is 5.82 Å². The van der Waals surface area contributed by atoms with E-state index in [1.165, 1.54) is 35.6 Å². The minimum Gasteiger partial charge on any atom is -0.494 e. The summed E-state index contributed by atoms with van der Waals surface area (Å²) in [7, 11) is 1.39. The third kappa shape index (κ3) is 4.38. The first-order valence-electron chi connectivity index (χ1n) is 9.28. The van der Waals surface area contributed by atoms with Crippen LogP contribution >= 0.6 is 11.3 Å². The number of thiazole rings is 1. The molecule has 1 fully saturated rings. The van der Waals surface area contributed by atoms with Crippen molar-refractivity contribution in [3.63, 3.8) is 0 Å². The van der Waals surface area contributed by atoms with Crippen molar-refractivity contribution in [1.29, 1.82) is 0 Å². The molecular weight excluding hydrogens is 423 g/mol. The summed E-state index contributed by atoms with van der Waals surface area (Å²) in [6.45, 7) is 0. The number of methoxy groups -OCH3 is 1. The van der Waals surface area contributed by atoms with Gasteiger partial charge in [0.05, 0.1) is 18.5 Å². The molecule has 0 aliphatic carbocycles. The van der Waals surface area contributed by atoms with Crippen LogP contribution in [0.2, 0.25) is 0 Å². The van der Waals surface area contributed by atoms with E-state index in [9.17, 15) is 18.8 Å². The van der Waals surface area contributed by atoms with Crippen molar-refractivity contribution in [3.05, 3.63) is 59.2 Å². The van der Waals surface area contributed by atoms with Gasteiger partial charge in [-0.25, -0.2) is 14.4 Å². The summed E-state index contributed by atoms with van der Waals surface area (Å²) in [5.74, 6) is -1.20. The monoisotopic (exact) mass is 440 g/mol. The van der Waals surface area contributed by atoms with Gasteiger partial charge in [-0.3, -0.25) is 25.1 Å². The lowest BCUT2D eigenvalue weighted by Gasteiger charge is -2.27. The minimum atomic E-state index is -0.498. The third-order valence-electron chi connectivity index (χ3n) is 4.61. The summed E-state index contributed by atoms with van der Waals surface area (Å²) in [6, 6.07) is 10.8. The number of rotatable bonds is 5. The maximum absolute atomic E-state index is 13.9. The maximum atomic E-state index is 13.9. The van der Waals surface area contributed by atoms with Crippen LogP contribution in [0.1, 0.15) is 23.2 Å². The number of amides is 3. The number of aromatic nitrogens is 1. The summed E-state index contributed by atoms with van der Waals surface area (Å²) in [5, 5.41) is 5.95. The van der Waals surface area contributed by atoms with E-state index in [-0.39, 0.29) is 36.3 Å². The predicted molar refractivity (Wildman–Crippen MR) is 113 cm³/mol. The smallest absolute Gasteiger partial charge is 0.257 e. The summed E-state index contributed by atoms with van der Waals surface area (Å²) in [5.41, 5.74) is 4.41. The van der Waals surface area contributed by atoms with E-state index in [0.717, 1.165) is 0 Å². The Balaban J connectivity index is 1.45. The zero-order valence-electron chi connectivity index (χ0n) is 16.3. The van der Waals surface area contributed by atoms with Crippen LogP contribution in [0.25, 0.3) is 11.3 Å². The molecule has 0 atom stereocenters. The van der Waals surface area contributed by atoms with Crippen LogP contribution in [0.4, 0.5) is 15.2 Å². The molecule has 1 saturated heterocycles. The highest BCUT2D eigenvalue weighted by Gasteiger charge is 2.24. The van der Waals surface area contributed by atoms with E-state index in [2.05, 4.69) is 15.7 Å². The van der Waals surface area contributed by atoms with Gasteiger partial charge in [0, 0.05) is 29.3 Å². The quantitative estimate of drug-likeness (QED) is 0.634. The maximum Gasteiger partial charge on any atom is 0.257 e. The van der Waals surface area contributed by atoms with Gasteiger partial charge in [-0.1, -0.05) is 0 Å². The fourth-order valence-corrected chi connectivity index (χ4v) is 3.72. The van der Waals surface area contributed by atoms with Gasteiger partial charge in [0.15, 0.2) is 16.7 Å². The molecule has 2 heterocycles. The first-order chi connectivity index (χ1) is 14.9. The van der Waals surface area contributed by atoms with Gasteiger partial charge in [-0.05, 0) is 42.5 Å². The van der Waals surface area contributed by atoms with Gasteiger partial charge in [0.1, 0.15) is 0 Å². The van der Waals surface area contributed by atoms with Crippen LogP contribution in [-0.4, -0.2) is 29.8 Å². The van der Waals surface area contributed by atoms with Crippen LogP contribution in [0, 0.1) is 5.82 Å². The molecule has 0 saturated carbocycles. The molecule has 0 radical (unpaired) electrons. The molecule has 1 aliphatic heterocycles. The Labute approximate surface area is 180 Å². The standard InChI is InChI=1S/C21H17FN4O4S/c1-30-17-7-4-13(10-15(17)22)16-11-31-21(23-16)24-20(29)12-2-5-14(6-3-12)26-19(28)9-8-18(27)25-26/h2-7,10-11H,8-9H2,1H3,(H,25,27)(H,23,24,29). The number of hydrogen-bond donors (Lipinski definition) is 2. The molecule has 10 heteroatoms. The average molecular weight is 440 g/mol. The summed E-state index contributed by atoms with van der Waals surface area (Å²) < 4.78 is 18.8. The lowest BCUT2D eigenvalue weighted by atomic mass is 10.1. The number of carbonyl (C=O) groups excluding carboxylic acids is 3. The number of hydrogen-bond acceptors (Lipinski definition) is 6. The number of hydrazine groups is 1. The molecule has 1 aromatic heterocycles. The lowest BCUT2D eigenvalue weighted by molar-refractivity contribution is -0.130. The number of ether oxygens (including phenoxy) is 1. The molecule has 31 heavy (non-hydrogen) atoms. The van der Waals surface area contributed by atoms with E-state index >= 15 is 0 Å². The SMILES string of the molecule is COc1ccc(-c2csc(NC(=O)c3ccc(N4NC(=O)CCC4=O)cc3)n2)cc1F. The molecule has 4 rings (SSSR count). The lowest BCUT2D eigenvalue weighted by Crippen LogP contribution is -2.50. The minimum absolute atomic E-state index is 0.137. The molecule has 1 aliphatic rings. The average Bonchev–Trinajstić information content (AvgIpc) is 3.24. The topological polar surface area (TPSA) is 101 Å². The molecular formula is C21H17FN4O4S. The Hall–Kier alpha value is -3.79. The highest BCUT2D eigenvalue weighted by atomic mass is 32.1. The molecule has 2 aromatic carbocycles. The fourth-order valence-electron chi connectivity index (χ4n) is 3.00. The van der Waals surface area contributed by atoms with E-state index in [1.807, 2.05) is 0 Å². The second-order valence-electron chi connectivity index (χ2n) is 6.65. The van der Waals surface area contributed by atoms with Crippen molar-refractivity contribution in [2.75, 3.05) is 17.4 Å². The van der Waals surface area contributed by atoms with Crippen LogP contribution in [0.15, 0.2) is 47.8 Å². The number of benzene rings is 2. The van der Waals surface area contributed by atoms with Crippen molar-refractivity contribution in [2.24, 2.45) is 0 Å². The Bertz CT molecular complexity index is 1160. The van der Waals surface area contributed by atoms with Crippen molar-refractivity contribution in [3.8, 4) is 17.0 Å². The summed E-state index contributed by atoms with van der Waals surface area (Å²) in [6.07, 6.45) is 0.299. The first-order valence-corrected chi connectivity index (χ1v) is 10.2. The normalized spacial score (nSPS) is 13.7. The molecule has 0 spiro atoms. The Morgan fingerprint density at radius 3 is 2.68 bits per heavy atom. The van der Waals surface area contributed by atoms with Crippen molar-refractivity contribution < 1.29 is 23.5 Å². The van der Waals surface area contributed by atoms with Gasteiger partial charge < -0.3 is 4.74 Å². The Kier molecular flexibility index (Phi) is 5.63. The molecule has 3 amide bonds. The first kappa shape index (κ1) is 20.5. The van der Waals surface area contributed by atoms with Crippen molar-refractivity contribution in [1.82, 2.24) is 10.4 Å². The number of anilines is 2. The number of nitrogens with zero attached hydrogens (tertiary/aromatic N) is 2. The fraction of sp³-hybridized carbons (Fsp3) is 0.143. The van der Waals surface area contributed by atoms with Crippen LogP contribution in [-0.2, 0) is 9.59 Å². The second kappa shape index (κ2) is 8.52. The van der Waals surface area contributed by atoms with E-state index in [1.54, 1.807) is 35.7 Å². The molecule has 2 N–H and O–H groups in total. The van der Waals surface area contributed by atoms with Gasteiger partial charge in [0.25, 0.3) is 5.91 Å². The predicted octanol–water partition coefficient (Wildman–Crippen LogP) is 3.37. The molecule has 158 valence electrons. The number of nitrogens with one attached hydrogen (secondary N) is 2. The Morgan fingerprint density at radius 2 is 1.97 bits per heavy atom. The number of carbonyl (C=O) groups is 3. The van der Waals surface area contributed by atoms with Crippen LogP contribution < -0.4 is 20.5 Å². The molecule has 0 unspecified atom stereocenters. The highest BCUT2D eigenvalue weighted by molar-refractivity contribution is 7.14. The molecule has 3 aromatic rings. The van der Waals surface area contributed by atoms with Crippen molar-refractivity contribution in [2.45, 2.75) is 12.8 Å². The summed E-state index contributed by atoms with van der Waals surface area (Å²) in [4.78, 5) is 40.4. The zero-order chi connectivity index (χ0) is 22.0. The van der Waals surface area contributed by atoms with Gasteiger partial charge >= 0.3 is 0 Å². The van der Waals surface area contributed by atoms with Crippen LogP contribution in [0.5, 0.6) is 5.75 Å². The summed E-state index contributed by atoms with van der Waals surface area (Å²) >= 11 is 1.21. The number of halogens is 1. The van der Waals surface area contributed by atoms with E-state index in [0.29, 0.717) is 27.6 Å². The van der Waals surface area contributed by atoms with Gasteiger partial charge in [-0.2, -0.15) is 0 Å². The largest absolute Gasteiger partial charge is 0.494 e. The van der Waals surface area contributed by atoms with Crippen molar-refractivity contribution >= 4 is 39.9 Å². The second-order valence-corrected chi connectivity index (χ2v) is 7.51. The Morgan fingerprint density at radius 1 is 1.19 bits per heavy atom. The van der Waals surface area contributed by atoms with Crippen LogP contribution in [0.3, 0.4) is 0 Å².